The maximum absolute atomic E-state index is 12.4. The SMILES string of the molecule is CCCN1CCC(NS(=O)(=O)c2cc(CO)sc2Br)CC1. The first-order valence-corrected chi connectivity index (χ1v) is 10.2. The number of rotatable bonds is 6. The Morgan fingerprint density at radius 1 is 1.48 bits per heavy atom. The molecule has 5 nitrogen and oxygen atoms in total. The molecule has 1 fully saturated rings. The standard InChI is InChI=1S/C13H21BrN2O3S2/c1-2-5-16-6-3-10(4-7-16)15-21(18,19)12-8-11(9-17)20-13(12)14/h8,10,15,17H,2-7,9H2,1H3. The third kappa shape index (κ3) is 4.49. The van der Waals surface area contributed by atoms with Crippen LogP contribution in [0.5, 0.6) is 0 Å². The summed E-state index contributed by atoms with van der Waals surface area (Å²) >= 11 is 4.52. The Morgan fingerprint density at radius 3 is 2.67 bits per heavy atom. The Labute approximate surface area is 138 Å². The number of aliphatic hydroxyl groups excluding tert-OH is 1. The zero-order chi connectivity index (χ0) is 15.5. The monoisotopic (exact) mass is 396 g/mol. The predicted octanol–water partition coefficient (Wildman–Crippen LogP) is 2.16. The second kappa shape index (κ2) is 7.52. The summed E-state index contributed by atoms with van der Waals surface area (Å²) in [6.45, 7) is 4.96. The lowest BCUT2D eigenvalue weighted by molar-refractivity contribution is 0.208. The summed E-state index contributed by atoms with van der Waals surface area (Å²) in [6.07, 6.45) is 2.81. The molecule has 1 aromatic rings. The molecular weight excluding hydrogens is 376 g/mol. The minimum atomic E-state index is -3.53. The third-order valence-electron chi connectivity index (χ3n) is 3.60. The highest BCUT2D eigenvalue weighted by Crippen LogP contribution is 2.32. The average molecular weight is 397 g/mol. The quantitative estimate of drug-likeness (QED) is 0.772. The zero-order valence-corrected chi connectivity index (χ0v) is 15.2. The molecule has 120 valence electrons. The van der Waals surface area contributed by atoms with Crippen molar-refractivity contribution in [2.45, 2.75) is 43.7 Å². The van der Waals surface area contributed by atoms with Gasteiger partial charge in [-0.2, -0.15) is 0 Å². The fourth-order valence-electron chi connectivity index (χ4n) is 2.53. The fourth-order valence-corrected chi connectivity index (χ4v) is 6.38. The van der Waals surface area contributed by atoms with Gasteiger partial charge in [0, 0.05) is 10.9 Å². The first-order chi connectivity index (χ1) is 9.96. The first kappa shape index (κ1) is 17.4. The van der Waals surface area contributed by atoms with Crippen LogP contribution in [0.4, 0.5) is 0 Å². The number of nitrogens with zero attached hydrogens (tertiary/aromatic N) is 1. The Morgan fingerprint density at radius 2 is 2.14 bits per heavy atom. The van der Waals surface area contributed by atoms with Gasteiger partial charge in [-0.25, -0.2) is 13.1 Å². The van der Waals surface area contributed by atoms with Gasteiger partial charge in [-0.1, -0.05) is 6.92 Å². The molecule has 0 aromatic carbocycles. The number of sulfonamides is 1. The van der Waals surface area contributed by atoms with Crippen LogP contribution in [0.3, 0.4) is 0 Å². The van der Waals surface area contributed by atoms with Crippen molar-refractivity contribution in [1.29, 1.82) is 0 Å². The van der Waals surface area contributed by atoms with Gasteiger partial charge in [0.15, 0.2) is 0 Å². The third-order valence-corrected chi connectivity index (χ3v) is 7.36. The van der Waals surface area contributed by atoms with Gasteiger partial charge in [0.1, 0.15) is 4.90 Å². The predicted molar refractivity (Wildman–Crippen MR) is 88.0 cm³/mol. The number of likely N-dealkylation sites (tertiary alicyclic amines) is 1. The van der Waals surface area contributed by atoms with E-state index in [2.05, 4.69) is 32.5 Å². The summed E-state index contributed by atoms with van der Waals surface area (Å²) < 4.78 is 28.2. The molecule has 8 heteroatoms. The maximum Gasteiger partial charge on any atom is 0.242 e. The van der Waals surface area contributed by atoms with Crippen LogP contribution in [-0.2, 0) is 16.6 Å². The average Bonchev–Trinajstić information content (AvgIpc) is 2.83. The molecule has 2 N–H and O–H groups in total. The molecular formula is C13H21BrN2O3S2. The van der Waals surface area contributed by atoms with Gasteiger partial charge in [0.05, 0.1) is 10.4 Å². The zero-order valence-electron chi connectivity index (χ0n) is 12.0. The van der Waals surface area contributed by atoms with E-state index in [-0.39, 0.29) is 17.5 Å². The van der Waals surface area contributed by atoms with Gasteiger partial charge in [-0.3, -0.25) is 0 Å². The molecule has 2 heterocycles. The van der Waals surface area contributed by atoms with Gasteiger partial charge in [-0.05, 0) is 60.9 Å². The van der Waals surface area contributed by atoms with Crippen molar-refractivity contribution in [1.82, 2.24) is 9.62 Å². The van der Waals surface area contributed by atoms with Gasteiger partial charge >= 0.3 is 0 Å². The van der Waals surface area contributed by atoms with E-state index in [1.54, 1.807) is 0 Å². The largest absolute Gasteiger partial charge is 0.391 e. The number of hydrogen-bond acceptors (Lipinski definition) is 5. The minimum Gasteiger partial charge on any atom is -0.391 e. The molecule has 0 unspecified atom stereocenters. The van der Waals surface area contributed by atoms with Crippen molar-refractivity contribution < 1.29 is 13.5 Å². The molecule has 0 bridgehead atoms. The number of aliphatic hydroxyl groups is 1. The van der Waals surface area contributed by atoms with Crippen molar-refractivity contribution in [2.75, 3.05) is 19.6 Å². The molecule has 0 radical (unpaired) electrons. The summed E-state index contributed by atoms with van der Waals surface area (Å²) in [6, 6.07) is 1.52. The van der Waals surface area contributed by atoms with Crippen molar-refractivity contribution >= 4 is 37.3 Å². The smallest absolute Gasteiger partial charge is 0.242 e. The Hall–Kier alpha value is 0.01000. The summed E-state index contributed by atoms with van der Waals surface area (Å²) in [5.74, 6) is 0. The number of nitrogens with one attached hydrogen (secondary N) is 1. The number of thiophene rings is 1. The molecule has 0 atom stereocenters. The van der Waals surface area contributed by atoms with Gasteiger partial charge in [0.25, 0.3) is 0 Å². The molecule has 0 aliphatic carbocycles. The lowest BCUT2D eigenvalue weighted by Gasteiger charge is -2.31. The Kier molecular flexibility index (Phi) is 6.22. The van der Waals surface area contributed by atoms with Crippen molar-refractivity contribution in [2.24, 2.45) is 0 Å². The van der Waals surface area contributed by atoms with Crippen LogP contribution in [0.25, 0.3) is 0 Å². The summed E-state index contributed by atoms with van der Waals surface area (Å²) in [5.41, 5.74) is 0. The van der Waals surface area contributed by atoms with Gasteiger partial charge < -0.3 is 10.0 Å². The molecule has 1 aliphatic heterocycles. The molecule has 21 heavy (non-hydrogen) atoms. The van der Waals surface area contributed by atoms with Gasteiger partial charge in [-0.15, -0.1) is 11.3 Å². The van der Waals surface area contributed by atoms with E-state index in [1.807, 2.05) is 0 Å². The van der Waals surface area contributed by atoms with E-state index in [4.69, 9.17) is 5.11 Å². The fraction of sp³-hybridized carbons (Fsp3) is 0.692. The number of piperidine rings is 1. The highest BCUT2D eigenvalue weighted by atomic mass is 79.9. The van der Waals surface area contributed by atoms with Crippen LogP contribution in [0.2, 0.25) is 0 Å². The summed E-state index contributed by atoms with van der Waals surface area (Å²) in [5, 5.41) is 9.11. The van der Waals surface area contributed by atoms with E-state index >= 15 is 0 Å². The maximum atomic E-state index is 12.4. The van der Waals surface area contributed by atoms with Crippen molar-refractivity contribution in [3.8, 4) is 0 Å². The molecule has 1 aromatic heterocycles. The molecule has 0 saturated carbocycles. The highest BCUT2D eigenvalue weighted by molar-refractivity contribution is 9.11. The van der Waals surface area contributed by atoms with Crippen LogP contribution in [-0.4, -0.2) is 44.1 Å². The lowest BCUT2D eigenvalue weighted by Crippen LogP contribution is -2.44. The highest BCUT2D eigenvalue weighted by Gasteiger charge is 2.26. The van der Waals surface area contributed by atoms with E-state index < -0.39 is 10.0 Å². The second-order valence-electron chi connectivity index (χ2n) is 5.25. The van der Waals surface area contributed by atoms with Crippen molar-refractivity contribution in [3.63, 3.8) is 0 Å². The summed E-state index contributed by atoms with van der Waals surface area (Å²) in [4.78, 5) is 3.24. The molecule has 1 saturated heterocycles. The topological polar surface area (TPSA) is 69.6 Å². The van der Waals surface area contributed by atoms with E-state index in [9.17, 15) is 8.42 Å². The Bertz CT molecular complexity index is 566. The van der Waals surface area contributed by atoms with Crippen LogP contribution in [0, 0.1) is 0 Å². The van der Waals surface area contributed by atoms with Gasteiger partial charge in [0.2, 0.25) is 10.0 Å². The molecule has 0 spiro atoms. The minimum absolute atomic E-state index is 0.00696. The van der Waals surface area contributed by atoms with E-state index in [1.165, 1.54) is 17.4 Å². The van der Waals surface area contributed by atoms with Crippen LogP contribution in [0.15, 0.2) is 14.7 Å². The second-order valence-corrected chi connectivity index (χ2v) is 9.38. The lowest BCUT2D eigenvalue weighted by atomic mass is 10.1. The molecule has 2 rings (SSSR count). The Balaban J connectivity index is 2.00. The van der Waals surface area contributed by atoms with Crippen LogP contribution in [0.1, 0.15) is 31.1 Å². The van der Waals surface area contributed by atoms with E-state index in [0.717, 1.165) is 38.9 Å². The molecule has 1 aliphatic rings. The van der Waals surface area contributed by atoms with Crippen molar-refractivity contribution in [3.05, 3.63) is 14.7 Å². The normalized spacial score (nSPS) is 18.2. The van der Waals surface area contributed by atoms with Crippen LogP contribution < -0.4 is 4.72 Å². The summed E-state index contributed by atoms with van der Waals surface area (Å²) in [7, 11) is -3.53. The number of hydrogen-bond donors (Lipinski definition) is 2. The first-order valence-electron chi connectivity index (χ1n) is 7.10. The van der Waals surface area contributed by atoms with E-state index in [0.29, 0.717) is 8.66 Å². The molecule has 0 amide bonds. The van der Waals surface area contributed by atoms with Crippen LogP contribution >= 0.6 is 27.3 Å². The number of halogens is 1.